The van der Waals surface area contributed by atoms with Crippen LogP contribution in [0.3, 0.4) is 0 Å². The van der Waals surface area contributed by atoms with Crippen LogP contribution in [-0.4, -0.2) is 69.4 Å². The maximum Gasteiger partial charge on any atom is 0.109 e. The van der Waals surface area contributed by atoms with Gasteiger partial charge in [0.15, 0.2) is 0 Å². The van der Waals surface area contributed by atoms with E-state index in [1.54, 1.807) is 0 Å². The van der Waals surface area contributed by atoms with E-state index in [0.717, 1.165) is 6.54 Å². The summed E-state index contributed by atoms with van der Waals surface area (Å²) in [6, 6.07) is -0.454. The van der Waals surface area contributed by atoms with Gasteiger partial charge in [0.1, 0.15) is 12.2 Å². The lowest BCUT2D eigenvalue weighted by Crippen LogP contribution is -2.63. The molecule has 2 aliphatic carbocycles. The minimum absolute atomic E-state index is 0.179. The van der Waals surface area contributed by atoms with Gasteiger partial charge < -0.3 is 20.4 Å². The second-order valence-corrected chi connectivity index (χ2v) is 7.20. The lowest BCUT2D eigenvalue weighted by Gasteiger charge is -2.45. The van der Waals surface area contributed by atoms with Crippen LogP contribution in [0.4, 0.5) is 0 Å². The molecule has 116 valence electrons. The highest BCUT2D eigenvalue weighted by molar-refractivity contribution is 4.98. The molecule has 0 aromatic carbocycles. The van der Waals surface area contributed by atoms with E-state index in [2.05, 4.69) is 0 Å². The van der Waals surface area contributed by atoms with Gasteiger partial charge in [-0.1, -0.05) is 0 Å². The Morgan fingerprint density at radius 3 is 2.15 bits per heavy atom. The van der Waals surface area contributed by atoms with Crippen molar-refractivity contribution < 1.29 is 20.4 Å². The summed E-state index contributed by atoms with van der Waals surface area (Å²) in [5.41, 5.74) is 0.671. The molecule has 5 nitrogen and oxygen atoms in total. The molecule has 1 spiro atoms. The molecule has 1 saturated heterocycles. The van der Waals surface area contributed by atoms with E-state index < -0.39 is 24.4 Å². The number of likely N-dealkylation sites (tertiary alicyclic amines) is 1. The third-order valence-corrected chi connectivity index (χ3v) is 5.83. The molecule has 3 fully saturated rings. The zero-order valence-electron chi connectivity index (χ0n) is 12.0. The number of rotatable bonds is 3. The lowest BCUT2D eigenvalue weighted by atomic mass is 9.79. The van der Waals surface area contributed by atoms with E-state index in [1.807, 2.05) is 4.90 Å². The minimum Gasteiger partial charge on any atom is -0.395 e. The molecule has 1 aliphatic heterocycles. The van der Waals surface area contributed by atoms with E-state index in [0.29, 0.717) is 17.9 Å². The fourth-order valence-electron chi connectivity index (χ4n) is 4.07. The molecular formula is C15H27NO4. The van der Waals surface area contributed by atoms with Crippen LogP contribution in [0.2, 0.25) is 0 Å². The van der Waals surface area contributed by atoms with Crippen molar-refractivity contribution in [3.63, 3.8) is 0 Å². The molecule has 0 unspecified atom stereocenters. The smallest absolute Gasteiger partial charge is 0.109 e. The van der Waals surface area contributed by atoms with Crippen LogP contribution in [0.25, 0.3) is 0 Å². The normalized spacial score (nSPS) is 42.0. The summed E-state index contributed by atoms with van der Waals surface area (Å²) in [5.74, 6) is 0.588. The van der Waals surface area contributed by atoms with Crippen molar-refractivity contribution in [1.82, 2.24) is 4.90 Å². The van der Waals surface area contributed by atoms with Gasteiger partial charge in [0.25, 0.3) is 0 Å². The second kappa shape index (κ2) is 5.54. The maximum absolute atomic E-state index is 9.99. The Bertz CT molecular complexity index is 337. The molecule has 0 aromatic heterocycles. The number of hydrogen-bond donors (Lipinski definition) is 4. The van der Waals surface area contributed by atoms with Crippen molar-refractivity contribution in [3.8, 4) is 0 Å². The van der Waals surface area contributed by atoms with E-state index in [1.165, 1.54) is 38.5 Å². The topological polar surface area (TPSA) is 84.2 Å². The van der Waals surface area contributed by atoms with Gasteiger partial charge in [0, 0.05) is 13.1 Å². The monoisotopic (exact) mass is 285 g/mol. The van der Waals surface area contributed by atoms with Gasteiger partial charge in [-0.3, -0.25) is 4.90 Å². The Morgan fingerprint density at radius 2 is 1.60 bits per heavy atom. The fraction of sp³-hybridized carbons (Fsp3) is 1.00. The number of aliphatic hydroxyl groups is 4. The van der Waals surface area contributed by atoms with E-state index in [9.17, 15) is 20.4 Å². The number of hydrogen-bond acceptors (Lipinski definition) is 5. The first-order chi connectivity index (χ1) is 9.54. The van der Waals surface area contributed by atoms with Gasteiger partial charge >= 0.3 is 0 Å². The highest BCUT2D eigenvalue weighted by atomic mass is 16.4. The van der Waals surface area contributed by atoms with Crippen molar-refractivity contribution in [2.24, 2.45) is 11.3 Å². The zero-order chi connectivity index (χ0) is 14.3. The quantitative estimate of drug-likeness (QED) is 0.573. The van der Waals surface area contributed by atoms with Crippen molar-refractivity contribution in [1.29, 1.82) is 0 Å². The Labute approximate surface area is 120 Å². The standard InChI is InChI=1S/C15H27NO4/c17-9-11-13(19)14(20)12(18)8-16(11)7-10-1-3-15(4-2-10)5-6-15/h10-14,17-20H,1-9H2/t11-,12+,13-,14-/m1/s1. The average molecular weight is 285 g/mol. The van der Waals surface area contributed by atoms with Crippen molar-refractivity contribution in [2.45, 2.75) is 62.9 Å². The summed E-state index contributed by atoms with van der Waals surface area (Å²) in [6.45, 7) is 0.967. The molecule has 4 atom stereocenters. The van der Waals surface area contributed by atoms with Crippen molar-refractivity contribution in [2.75, 3.05) is 19.7 Å². The number of nitrogens with zero attached hydrogens (tertiary/aromatic N) is 1. The molecule has 0 aromatic rings. The summed E-state index contributed by atoms with van der Waals surface area (Å²) in [7, 11) is 0. The molecule has 0 bridgehead atoms. The van der Waals surface area contributed by atoms with Gasteiger partial charge in [-0.05, 0) is 49.9 Å². The molecule has 3 aliphatic rings. The summed E-state index contributed by atoms with van der Waals surface area (Å²) in [6.07, 6.45) is 4.69. The number of β-amino-alcohol motifs (C(OH)–C–C–N with tert-alkyl or cyclic N) is 1. The third-order valence-electron chi connectivity index (χ3n) is 5.83. The average Bonchev–Trinajstić information content (AvgIpc) is 3.19. The maximum atomic E-state index is 9.99. The van der Waals surface area contributed by atoms with Gasteiger partial charge in [-0.25, -0.2) is 0 Å². The molecule has 20 heavy (non-hydrogen) atoms. The highest BCUT2D eigenvalue weighted by Gasteiger charge is 2.46. The van der Waals surface area contributed by atoms with Crippen LogP contribution in [-0.2, 0) is 0 Å². The Hall–Kier alpha value is -0.200. The molecule has 2 saturated carbocycles. The van der Waals surface area contributed by atoms with Crippen LogP contribution in [0.1, 0.15) is 38.5 Å². The second-order valence-electron chi connectivity index (χ2n) is 7.20. The van der Waals surface area contributed by atoms with Crippen LogP contribution in [0, 0.1) is 11.3 Å². The van der Waals surface area contributed by atoms with E-state index in [-0.39, 0.29) is 6.61 Å². The first kappa shape index (κ1) is 14.7. The van der Waals surface area contributed by atoms with Gasteiger partial charge in [0.2, 0.25) is 0 Å². The fourth-order valence-corrected chi connectivity index (χ4v) is 4.07. The first-order valence-corrected chi connectivity index (χ1v) is 7.94. The number of piperidine rings is 1. The van der Waals surface area contributed by atoms with Crippen LogP contribution in [0.5, 0.6) is 0 Å². The molecule has 5 heteroatoms. The minimum atomic E-state index is -1.15. The Morgan fingerprint density at radius 1 is 0.950 bits per heavy atom. The Balaban J connectivity index is 1.57. The van der Waals surface area contributed by atoms with Crippen molar-refractivity contribution in [3.05, 3.63) is 0 Å². The van der Waals surface area contributed by atoms with Crippen LogP contribution in [0.15, 0.2) is 0 Å². The predicted molar refractivity (Wildman–Crippen MR) is 74.1 cm³/mol. The summed E-state index contributed by atoms with van der Waals surface area (Å²) in [5, 5.41) is 39.0. The summed E-state index contributed by atoms with van der Waals surface area (Å²) in [4.78, 5) is 1.97. The van der Waals surface area contributed by atoms with Gasteiger partial charge in [-0.15, -0.1) is 0 Å². The molecule has 0 amide bonds. The molecule has 3 rings (SSSR count). The number of aliphatic hydroxyl groups excluding tert-OH is 4. The highest BCUT2D eigenvalue weighted by Crippen LogP contribution is 2.57. The molecule has 0 radical (unpaired) electrons. The summed E-state index contributed by atoms with van der Waals surface area (Å²) < 4.78 is 0. The largest absolute Gasteiger partial charge is 0.395 e. The van der Waals surface area contributed by atoms with Crippen LogP contribution >= 0.6 is 0 Å². The van der Waals surface area contributed by atoms with Crippen molar-refractivity contribution >= 4 is 0 Å². The SMILES string of the molecule is OC[C@@H]1[C@@H](O)[C@H](O)[C@@H](O)CN1CC1CCC2(CC1)CC2. The van der Waals surface area contributed by atoms with Gasteiger partial charge in [-0.2, -0.15) is 0 Å². The molecule has 1 heterocycles. The predicted octanol–water partition coefficient (Wildman–Crippen LogP) is -0.284. The van der Waals surface area contributed by atoms with Gasteiger partial charge in [0.05, 0.1) is 18.8 Å². The Kier molecular flexibility index (Phi) is 4.08. The molecule has 4 N–H and O–H groups in total. The zero-order valence-corrected chi connectivity index (χ0v) is 12.0. The van der Waals surface area contributed by atoms with E-state index in [4.69, 9.17) is 0 Å². The van der Waals surface area contributed by atoms with E-state index >= 15 is 0 Å². The third kappa shape index (κ3) is 2.74. The lowest BCUT2D eigenvalue weighted by molar-refractivity contribution is -0.148. The summed E-state index contributed by atoms with van der Waals surface area (Å²) >= 11 is 0. The molecular weight excluding hydrogens is 258 g/mol. The van der Waals surface area contributed by atoms with Crippen LogP contribution < -0.4 is 0 Å². The first-order valence-electron chi connectivity index (χ1n) is 7.94.